The van der Waals surface area contributed by atoms with Crippen molar-refractivity contribution in [1.29, 1.82) is 0 Å². The van der Waals surface area contributed by atoms with E-state index < -0.39 is 0 Å². The maximum absolute atomic E-state index is 12.1. The number of benzene rings is 1. The lowest BCUT2D eigenvalue weighted by Gasteiger charge is -2.31. The monoisotopic (exact) mass is 276 g/mol. The maximum Gasteiger partial charge on any atom is 0.260 e. The Morgan fingerprint density at radius 2 is 1.90 bits per heavy atom. The van der Waals surface area contributed by atoms with Crippen LogP contribution in [0.3, 0.4) is 0 Å². The van der Waals surface area contributed by atoms with E-state index in [9.17, 15) is 4.79 Å². The molecule has 1 aliphatic carbocycles. The highest BCUT2D eigenvalue weighted by molar-refractivity contribution is 5.77. The Kier molecular flexibility index (Phi) is 5.27. The first-order chi connectivity index (χ1) is 9.70. The van der Waals surface area contributed by atoms with Gasteiger partial charge in [0.2, 0.25) is 0 Å². The summed E-state index contributed by atoms with van der Waals surface area (Å²) in [5.41, 5.74) is 1.03. The molecule has 1 aromatic rings. The third kappa shape index (κ3) is 3.89. The average Bonchev–Trinajstić information content (AvgIpc) is 2.53. The second-order valence-electron chi connectivity index (χ2n) is 5.36. The Balaban J connectivity index is 1.81. The molecule has 0 aromatic heterocycles. The van der Waals surface area contributed by atoms with E-state index in [2.05, 4.69) is 5.32 Å². The van der Waals surface area contributed by atoms with Gasteiger partial charge in [-0.1, -0.05) is 19.3 Å². The third-order valence-electron chi connectivity index (χ3n) is 4.02. The number of nitrogens with zero attached hydrogens (tertiary/aromatic N) is 1. The van der Waals surface area contributed by atoms with Crippen LogP contribution in [0.5, 0.6) is 5.75 Å². The number of ether oxygens (including phenoxy) is 1. The number of likely N-dealkylation sites (N-methyl/N-ethyl adjacent to an activating group) is 1. The van der Waals surface area contributed by atoms with Crippen molar-refractivity contribution >= 4 is 11.6 Å². The average molecular weight is 276 g/mol. The Hall–Kier alpha value is -1.71. The molecule has 0 bridgehead atoms. The van der Waals surface area contributed by atoms with Crippen LogP contribution in [0, 0.1) is 0 Å². The van der Waals surface area contributed by atoms with E-state index in [0.29, 0.717) is 6.04 Å². The van der Waals surface area contributed by atoms with Crippen molar-refractivity contribution in [2.45, 2.75) is 38.1 Å². The minimum atomic E-state index is 0.0644. The van der Waals surface area contributed by atoms with E-state index in [1.165, 1.54) is 19.3 Å². The van der Waals surface area contributed by atoms with Crippen LogP contribution in [0.15, 0.2) is 24.3 Å². The van der Waals surface area contributed by atoms with Gasteiger partial charge < -0.3 is 15.0 Å². The van der Waals surface area contributed by atoms with Crippen LogP contribution in [0.25, 0.3) is 0 Å². The van der Waals surface area contributed by atoms with Crippen LogP contribution in [0.2, 0.25) is 0 Å². The molecule has 1 fully saturated rings. The highest BCUT2D eigenvalue weighted by Crippen LogP contribution is 2.22. The molecule has 0 radical (unpaired) electrons. The number of hydrogen-bond donors (Lipinski definition) is 1. The summed E-state index contributed by atoms with van der Waals surface area (Å²) in [4.78, 5) is 14.0. The summed E-state index contributed by atoms with van der Waals surface area (Å²) < 4.78 is 5.56. The summed E-state index contributed by atoms with van der Waals surface area (Å²) in [6.45, 7) is 0.117. The summed E-state index contributed by atoms with van der Waals surface area (Å²) in [6.07, 6.45) is 6.01. The normalized spacial score (nSPS) is 15.7. The molecule has 0 heterocycles. The van der Waals surface area contributed by atoms with Crippen LogP contribution >= 0.6 is 0 Å². The van der Waals surface area contributed by atoms with Gasteiger partial charge in [-0.2, -0.15) is 0 Å². The summed E-state index contributed by atoms with van der Waals surface area (Å²) in [5, 5.41) is 3.05. The van der Waals surface area contributed by atoms with Gasteiger partial charge in [0.25, 0.3) is 5.91 Å². The molecule has 1 N–H and O–H groups in total. The van der Waals surface area contributed by atoms with Gasteiger partial charge in [-0.25, -0.2) is 0 Å². The Morgan fingerprint density at radius 1 is 1.25 bits per heavy atom. The first-order valence-corrected chi connectivity index (χ1v) is 7.37. The quantitative estimate of drug-likeness (QED) is 0.899. The molecule has 1 amide bonds. The minimum absolute atomic E-state index is 0.0644. The molecule has 0 spiro atoms. The predicted molar refractivity (Wildman–Crippen MR) is 81.1 cm³/mol. The number of hydrogen-bond acceptors (Lipinski definition) is 3. The van der Waals surface area contributed by atoms with E-state index in [4.69, 9.17) is 4.74 Å². The van der Waals surface area contributed by atoms with Crippen molar-refractivity contribution in [2.75, 3.05) is 26.0 Å². The smallest absolute Gasteiger partial charge is 0.260 e. The van der Waals surface area contributed by atoms with Gasteiger partial charge in [0.1, 0.15) is 5.75 Å². The molecule has 20 heavy (non-hydrogen) atoms. The zero-order valence-corrected chi connectivity index (χ0v) is 12.4. The molecular weight excluding hydrogens is 252 g/mol. The summed E-state index contributed by atoms with van der Waals surface area (Å²) in [7, 11) is 3.77. The second-order valence-corrected chi connectivity index (χ2v) is 5.36. The van der Waals surface area contributed by atoms with Gasteiger partial charge in [0.05, 0.1) is 0 Å². The van der Waals surface area contributed by atoms with E-state index in [1.807, 2.05) is 43.3 Å². The van der Waals surface area contributed by atoms with Gasteiger partial charge in [0.15, 0.2) is 6.61 Å². The molecule has 1 aromatic carbocycles. The van der Waals surface area contributed by atoms with Gasteiger partial charge >= 0.3 is 0 Å². The van der Waals surface area contributed by atoms with Gasteiger partial charge in [-0.05, 0) is 37.1 Å². The van der Waals surface area contributed by atoms with E-state index in [-0.39, 0.29) is 12.5 Å². The standard InChI is InChI=1S/C16H24N2O2/c1-17-13-8-10-15(11-9-13)20-12-16(19)18(2)14-6-4-3-5-7-14/h8-11,14,17H,3-7,12H2,1-2H3. The number of carbonyl (C=O) groups is 1. The summed E-state index contributed by atoms with van der Waals surface area (Å²) >= 11 is 0. The van der Waals surface area contributed by atoms with Crippen molar-refractivity contribution < 1.29 is 9.53 Å². The number of rotatable bonds is 5. The zero-order chi connectivity index (χ0) is 14.4. The van der Waals surface area contributed by atoms with Crippen molar-refractivity contribution in [1.82, 2.24) is 4.90 Å². The molecule has 0 aliphatic heterocycles. The highest BCUT2D eigenvalue weighted by atomic mass is 16.5. The third-order valence-corrected chi connectivity index (χ3v) is 4.02. The number of anilines is 1. The van der Waals surface area contributed by atoms with Crippen molar-refractivity contribution in [2.24, 2.45) is 0 Å². The van der Waals surface area contributed by atoms with Crippen molar-refractivity contribution in [3.05, 3.63) is 24.3 Å². The van der Waals surface area contributed by atoms with Gasteiger partial charge in [0, 0.05) is 25.8 Å². The van der Waals surface area contributed by atoms with E-state index >= 15 is 0 Å². The molecule has 4 heteroatoms. The first-order valence-electron chi connectivity index (χ1n) is 7.37. The molecule has 0 saturated heterocycles. The number of carbonyl (C=O) groups excluding carboxylic acids is 1. The molecule has 110 valence electrons. The number of nitrogens with one attached hydrogen (secondary N) is 1. The number of amides is 1. The van der Waals surface area contributed by atoms with Crippen molar-refractivity contribution in [3.8, 4) is 5.75 Å². The molecule has 2 rings (SSSR count). The Labute approximate surface area is 121 Å². The summed E-state index contributed by atoms with van der Waals surface area (Å²) in [6, 6.07) is 8.01. The lowest BCUT2D eigenvalue weighted by molar-refractivity contribution is -0.134. The molecular formula is C16H24N2O2. The van der Waals surface area contributed by atoms with Crippen LogP contribution in [-0.2, 0) is 4.79 Å². The van der Waals surface area contributed by atoms with E-state index in [0.717, 1.165) is 24.3 Å². The Bertz CT molecular complexity index is 425. The fourth-order valence-corrected chi connectivity index (χ4v) is 2.64. The zero-order valence-electron chi connectivity index (χ0n) is 12.4. The highest BCUT2D eigenvalue weighted by Gasteiger charge is 2.22. The molecule has 1 saturated carbocycles. The molecule has 1 aliphatic rings. The second kappa shape index (κ2) is 7.17. The van der Waals surface area contributed by atoms with Gasteiger partial charge in [-0.3, -0.25) is 4.79 Å². The van der Waals surface area contributed by atoms with Gasteiger partial charge in [-0.15, -0.1) is 0 Å². The largest absolute Gasteiger partial charge is 0.484 e. The van der Waals surface area contributed by atoms with Crippen LogP contribution < -0.4 is 10.1 Å². The topological polar surface area (TPSA) is 41.6 Å². The van der Waals surface area contributed by atoms with E-state index in [1.54, 1.807) is 0 Å². The molecule has 4 nitrogen and oxygen atoms in total. The lowest BCUT2D eigenvalue weighted by Crippen LogP contribution is -2.40. The van der Waals surface area contributed by atoms with Crippen LogP contribution in [-0.4, -0.2) is 37.6 Å². The van der Waals surface area contributed by atoms with Crippen LogP contribution in [0.4, 0.5) is 5.69 Å². The maximum atomic E-state index is 12.1. The summed E-state index contributed by atoms with van der Waals surface area (Å²) in [5.74, 6) is 0.795. The SMILES string of the molecule is CNc1ccc(OCC(=O)N(C)C2CCCCC2)cc1. The predicted octanol–water partition coefficient (Wildman–Crippen LogP) is 2.90. The van der Waals surface area contributed by atoms with Crippen LogP contribution in [0.1, 0.15) is 32.1 Å². The minimum Gasteiger partial charge on any atom is -0.484 e. The fraction of sp³-hybridized carbons (Fsp3) is 0.562. The lowest BCUT2D eigenvalue weighted by atomic mass is 9.94. The fourth-order valence-electron chi connectivity index (χ4n) is 2.64. The van der Waals surface area contributed by atoms with Crippen molar-refractivity contribution in [3.63, 3.8) is 0 Å². The molecule has 0 atom stereocenters. The Morgan fingerprint density at radius 3 is 2.50 bits per heavy atom. The molecule has 0 unspecified atom stereocenters. The first kappa shape index (κ1) is 14.7.